The highest BCUT2D eigenvalue weighted by Crippen LogP contribution is 2.29. The monoisotopic (exact) mass is 394 g/mol. The number of imide groups is 1. The number of hydrogen-bond donors (Lipinski definition) is 3. The second-order valence-corrected chi connectivity index (χ2v) is 7.75. The van der Waals surface area contributed by atoms with Crippen LogP contribution in [-0.4, -0.2) is 38.4 Å². The number of rotatable bonds is 4. The van der Waals surface area contributed by atoms with Gasteiger partial charge in [0.05, 0.1) is 5.69 Å². The van der Waals surface area contributed by atoms with Crippen molar-refractivity contribution >= 4 is 23.5 Å². The van der Waals surface area contributed by atoms with Crippen molar-refractivity contribution in [3.05, 3.63) is 46.1 Å². The van der Waals surface area contributed by atoms with E-state index in [2.05, 4.69) is 21.0 Å². The van der Waals surface area contributed by atoms with Gasteiger partial charge in [0.25, 0.3) is 5.91 Å². The van der Waals surface area contributed by atoms with Crippen LogP contribution in [0.15, 0.2) is 18.2 Å². The number of fused-ring (bicyclic) bond motifs is 2. The Kier molecular flexibility index (Phi) is 4.13. The average Bonchev–Trinajstić information content (AvgIpc) is 3.34. The predicted molar refractivity (Wildman–Crippen MR) is 104 cm³/mol. The highest BCUT2D eigenvalue weighted by Gasteiger charge is 2.39. The Bertz CT molecular complexity index is 1040. The number of carbonyl (C=O) groups excluding carboxylic acids is 3. The molecule has 1 fully saturated rings. The van der Waals surface area contributed by atoms with Gasteiger partial charge in [-0.2, -0.15) is 5.10 Å². The van der Waals surface area contributed by atoms with E-state index in [0.29, 0.717) is 25.1 Å². The summed E-state index contributed by atoms with van der Waals surface area (Å²) in [6.45, 7) is 2.56. The molecular weight excluding hydrogens is 372 g/mol. The zero-order chi connectivity index (χ0) is 20.1. The van der Waals surface area contributed by atoms with Gasteiger partial charge in [-0.15, -0.1) is 0 Å². The SMILES string of the molecule is Cn1nc2c(c1NCc1ccc3c(c1)C(=O)N(C1CCC(=O)NC1=O)C3)CNC2. The van der Waals surface area contributed by atoms with Crippen molar-refractivity contribution in [2.24, 2.45) is 7.05 Å². The van der Waals surface area contributed by atoms with E-state index in [9.17, 15) is 14.4 Å². The standard InChI is InChI=1S/C20H22N6O3/c1-25-18(14-8-21-9-15(14)24-25)22-7-11-2-3-12-10-26(20(29)13(12)6-11)16-4-5-17(27)23-19(16)28/h2-3,6,16,21-22H,4-5,7-10H2,1H3,(H,23,27,28). The van der Waals surface area contributed by atoms with Crippen LogP contribution in [0.4, 0.5) is 5.82 Å². The van der Waals surface area contributed by atoms with Crippen LogP contribution < -0.4 is 16.0 Å². The fourth-order valence-electron chi connectivity index (χ4n) is 4.38. The number of piperidine rings is 1. The first-order valence-corrected chi connectivity index (χ1v) is 9.77. The summed E-state index contributed by atoms with van der Waals surface area (Å²) in [5.74, 6) is 0.174. The summed E-state index contributed by atoms with van der Waals surface area (Å²) < 4.78 is 1.86. The van der Waals surface area contributed by atoms with Gasteiger partial charge in [-0.05, 0) is 23.6 Å². The summed E-state index contributed by atoms with van der Waals surface area (Å²) in [7, 11) is 1.92. The zero-order valence-electron chi connectivity index (χ0n) is 16.1. The Morgan fingerprint density at radius 1 is 1.24 bits per heavy atom. The number of nitrogens with one attached hydrogen (secondary N) is 3. The topological polar surface area (TPSA) is 108 Å². The third kappa shape index (κ3) is 2.98. The molecule has 9 heteroatoms. The number of aryl methyl sites for hydroxylation is 1. The van der Waals surface area contributed by atoms with Gasteiger partial charge < -0.3 is 15.5 Å². The number of benzene rings is 1. The lowest BCUT2D eigenvalue weighted by Gasteiger charge is -2.29. The quantitative estimate of drug-likeness (QED) is 0.648. The Balaban J connectivity index is 1.32. The average molecular weight is 394 g/mol. The fourth-order valence-corrected chi connectivity index (χ4v) is 4.38. The smallest absolute Gasteiger partial charge is 0.255 e. The molecule has 29 heavy (non-hydrogen) atoms. The molecular formula is C20H22N6O3. The Hall–Kier alpha value is -3.20. The van der Waals surface area contributed by atoms with Gasteiger partial charge in [0.2, 0.25) is 11.8 Å². The first-order chi connectivity index (χ1) is 14.0. The van der Waals surface area contributed by atoms with Crippen LogP contribution >= 0.6 is 0 Å². The van der Waals surface area contributed by atoms with E-state index in [0.717, 1.165) is 35.7 Å². The first kappa shape index (κ1) is 17.9. The molecule has 1 aromatic carbocycles. The third-order valence-electron chi connectivity index (χ3n) is 5.88. The summed E-state index contributed by atoms with van der Waals surface area (Å²) >= 11 is 0. The maximum Gasteiger partial charge on any atom is 0.255 e. The number of nitrogens with zero attached hydrogens (tertiary/aromatic N) is 3. The van der Waals surface area contributed by atoms with Crippen LogP contribution in [0, 0.1) is 0 Å². The van der Waals surface area contributed by atoms with Crippen molar-refractivity contribution in [1.29, 1.82) is 0 Å². The minimum absolute atomic E-state index is 0.151. The van der Waals surface area contributed by atoms with Crippen molar-refractivity contribution in [2.45, 2.75) is 45.1 Å². The van der Waals surface area contributed by atoms with Crippen molar-refractivity contribution in [3.63, 3.8) is 0 Å². The molecule has 4 heterocycles. The van der Waals surface area contributed by atoms with Gasteiger partial charge in [-0.3, -0.25) is 24.4 Å². The van der Waals surface area contributed by atoms with Crippen LogP contribution in [0.3, 0.4) is 0 Å². The van der Waals surface area contributed by atoms with Crippen molar-refractivity contribution in [2.75, 3.05) is 5.32 Å². The normalized spacial score (nSPS) is 20.7. The second kappa shape index (κ2) is 6.70. The number of anilines is 1. The minimum Gasteiger partial charge on any atom is -0.366 e. The summed E-state index contributed by atoms with van der Waals surface area (Å²) in [5, 5.41) is 13.6. The van der Waals surface area contributed by atoms with Crippen molar-refractivity contribution in [3.8, 4) is 0 Å². The third-order valence-corrected chi connectivity index (χ3v) is 5.88. The van der Waals surface area contributed by atoms with Gasteiger partial charge in [-0.1, -0.05) is 12.1 Å². The van der Waals surface area contributed by atoms with Gasteiger partial charge in [0, 0.05) is 50.8 Å². The molecule has 3 N–H and O–H groups in total. The second-order valence-electron chi connectivity index (χ2n) is 7.75. The molecule has 1 saturated heterocycles. The summed E-state index contributed by atoms with van der Waals surface area (Å²) in [6.07, 6.45) is 0.633. The number of aromatic nitrogens is 2. The van der Waals surface area contributed by atoms with Crippen molar-refractivity contribution in [1.82, 2.24) is 25.3 Å². The summed E-state index contributed by atoms with van der Waals surface area (Å²) in [6, 6.07) is 5.26. The van der Waals surface area contributed by atoms with Gasteiger partial charge in [-0.25, -0.2) is 0 Å². The van der Waals surface area contributed by atoms with Crippen LogP contribution in [-0.2, 0) is 42.8 Å². The molecule has 0 saturated carbocycles. The lowest BCUT2D eigenvalue weighted by Crippen LogP contribution is -2.52. The van der Waals surface area contributed by atoms with Crippen LogP contribution in [0.1, 0.15) is 45.6 Å². The van der Waals surface area contributed by atoms with E-state index in [1.807, 2.05) is 29.9 Å². The fraction of sp³-hybridized carbons (Fsp3) is 0.400. The largest absolute Gasteiger partial charge is 0.366 e. The molecule has 2 aromatic rings. The molecule has 0 spiro atoms. The van der Waals surface area contributed by atoms with Crippen molar-refractivity contribution < 1.29 is 14.4 Å². The number of carbonyl (C=O) groups is 3. The molecule has 0 radical (unpaired) electrons. The van der Waals surface area contributed by atoms with E-state index in [1.54, 1.807) is 4.90 Å². The van der Waals surface area contributed by atoms with Gasteiger partial charge in [0.1, 0.15) is 11.9 Å². The number of amides is 3. The maximum atomic E-state index is 12.9. The molecule has 3 aliphatic heterocycles. The van der Waals surface area contributed by atoms with Gasteiger partial charge in [0.15, 0.2) is 0 Å². The van der Waals surface area contributed by atoms with E-state index in [-0.39, 0.29) is 24.1 Å². The van der Waals surface area contributed by atoms with E-state index >= 15 is 0 Å². The van der Waals surface area contributed by atoms with E-state index in [4.69, 9.17) is 0 Å². The molecule has 3 amide bonds. The highest BCUT2D eigenvalue weighted by atomic mass is 16.2. The summed E-state index contributed by atoms with van der Waals surface area (Å²) in [5.41, 5.74) is 4.79. The van der Waals surface area contributed by atoms with E-state index < -0.39 is 6.04 Å². The molecule has 0 aliphatic carbocycles. The Morgan fingerprint density at radius 2 is 2.10 bits per heavy atom. The molecule has 150 valence electrons. The maximum absolute atomic E-state index is 12.9. The van der Waals surface area contributed by atoms with Gasteiger partial charge >= 0.3 is 0 Å². The lowest BCUT2D eigenvalue weighted by molar-refractivity contribution is -0.136. The van der Waals surface area contributed by atoms with Crippen LogP contribution in [0.2, 0.25) is 0 Å². The summed E-state index contributed by atoms with van der Waals surface area (Å²) in [4.78, 5) is 38.1. The molecule has 3 aliphatic rings. The molecule has 5 rings (SSSR count). The predicted octanol–water partition coefficient (Wildman–Crippen LogP) is 0.396. The molecule has 0 bridgehead atoms. The Labute approximate surface area is 167 Å². The Morgan fingerprint density at radius 3 is 2.93 bits per heavy atom. The highest BCUT2D eigenvalue weighted by molar-refractivity contribution is 6.05. The van der Waals surface area contributed by atoms with Crippen LogP contribution in [0.25, 0.3) is 0 Å². The first-order valence-electron chi connectivity index (χ1n) is 9.77. The molecule has 1 aromatic heterocycles. The molecule has 1 atom stereocenters. The van der Waals surface area contributed by atoms with E-state index in [1.165, 1.54) is 5.56 Å². The number of hydrogen-bond acceptors (Lipinski definition) is 6. The minimum atomic E-state index is -0.585. The molecule has 9 nitrogen and oxygen atoms in total. The molecule has 1 unspecified atom stereocenters. The zero-order valence-corrected chi connectivity index (χ0v) is 16.1. The van der Waals surface area contributed by atoms with Crippen LogP contribution in [0.5, 0.6) is 0 Å². The lowest BCUT2D eigenvalue weighted by atomic mass is 10.0.